The van der Waals surface area contributed by atoms with Gasteiger partial charge in [0.2, 0.25) is 0 Å². The summed E-state index contributed by atoms with van der Waals surface area (Å²) in [6.45, 7) is 24.2. The molecule has 10 heteroatoms. The van der Waals surface area contributed by atoms with Gasteiger partial charge in [0.1, 0.15) is 0 Å². The molecule has 37 heavy (non-hydrogen) atoms. The first-order valence-electron chi connectivity index (χ1n) is 13.3. The summed E-state index contributed by atoms with van der Waals surface area (Å²) >= 11 is 0. The van der Waals surface area contributed by atoms with E-state index in [1.807, 2.05) is 24.3 Å². The van der Waals surface area contributed by atoms with Gasteiger partial charge in [0.25, 0.3) is 0 Å². The number of nitriles is 1. The molecule has 0 spiro atoms. The summed E-state index contributed by atoms with van der Waals surface area (Å²) in [6, 6.07) is 20.6. The van der Waals surface area contributed by atoms with Crippen LogP contribution in [0.15, 0.2) is 48.5 Å². The van der Waals surface area contributed by atoms with Crippen molar-refractivity contribution in [3.63, 3.8) is 0 Å². The van der Waals surface area contributed by atoms with Crippen molar-refractivity contribution in [3.8, 4) is 17.2 Å². The van der Waals surface area contributed by atoms with E-state index < -0.39 is 42.3 Å². The highest BCUT2D eigenvalue weighted by Gasteiger charge is 2.45. The fourth-order valence-corrected chi connectivity index (χ4v) is 30.2. The molecule has 0 saturated carbocycles. The monoisotopic (exact) mass is 589 g/mol. The number of benzene rings is 2. The molecule has 2 rings (SSSR count). The molecular formula is C27H47NO4Si5. The average Bonchev–Trinajstić information content (AvgIpc) is 2.70. The van der Waals surface area contributed by atoms with Crippen LogP contribution >= 0.6 is 0 Å². The summed E-state index contributed by atoms with van der Waals surface area (Å²) in [7, 11) is -10.9. The van der Waals surface area contributed by atoms with Crippen LogP contribution in [0.3, 0.4) is 0 Å². The maximum absolute atomic E-state index is 9.02. The van der Waals surface area contributed by atoms with E-state index in [0.29, 0.717) is 5.56 Å². The van der Waals surface area contributed by atoms with Crippen LogP contribution in [0.25, 0.3) is 11.1 Å². The molecule has 2 aromatic carbocycles. The van der Waals surface area contributed by atoms with E-state index in [1.54, 1.807) is 0 Å². The van der Waals surface area contributed by atoms with Crippen molar-refractivity contribution in [2.75, 3.05) is 0 Å². The molecule has 0 radical (unpaired) electrons. The topological polar surface area (TPSA) is 60.7 Å². The van der Waals surface area contributed by atoms with Crippen molar-refractivity contribution >= 4 is 42.3 Å². The standard InChI is InChI=1S/C27H47NO4Si5/c1-12-21-33(2,3)29-35(6,7)31-37(10,11)32-36(8,9)30-34(4,5)23-25-15-19-27(20-16-25)26-17-13-24(22-28)14-18-26/h13-20H,12,21,23H2,1-11H3. The third-order valence-electron chi connectivity index (χ3n) is 5.81. The summed E-state index contributed by atoms with van der Waals surface area (Å²) < 4.78 is 26.8. The minimum Gasteiger partial charge on any atom is -0.436 e. The molecule has 0 saturated heterocycles. The maximum atomic E-state index is 9.02. The minimum atomic E-state index is -2.44. The molecule has 0 amide bonds. The number of hydrogen-bond acceptors (Lipinski definition) is 5. The van der Waals surface area contributed by atoms with Gasteiger partial charge in [-0.15, -0.1) is 0 Å². The van der Waals surface area contributed by atoms with Crippen LogP contribution in [0.1, 0.15) is 24.5 Å². The number of nitrogens with zero attached hydrogens (tertiary/aromatic N) is 1. The van der Waals surface area contributed by atoms with Gasteiger partial charge in [-0.3, -0.25) is 0 Å². The van der Waals surface area contributed by atoms with E-state index >= 15 is 0 Å². The molecule has 204 valence electrons. The lowest BCUT2D eigenvalue weighted by Gasteiger charge is -2.42. The molecule has 0 unspecified atom stereocenters. The molecule has 0 atom stereocenters. The van der Waals surface area contributed by atoms with Gasteiger partial charge in [-0.25, -0.2) is 0 Å². The van der Waals surface area contributed by atoms with E-state index in [2.05, 4.69) is 103 Å². The predicted octanol–water partition coefficient (Wildman–Crippen LogP) is 8.30. The van der Waals surface area contributed by atoms with Crippen molar-refractivity contribution in [1.82, 2.24) is 0 Å². The average molecular weight is 590 g/mol. The minimum absolute atomic E-state index is 0.677. The Balaban J connectivity index is 2.02. The van der Waals surface area contributed by atoms with Crippen LogP contribution in [0, 0.1) is 11.3 Å². The van der Waals surface area contributed by atoms with Gasteiger partial charge in [0, 0.05) is 0 Å². The Bertz CT molecular complexity index is 1060. The van der Waals surface area contributed by atoms with Gasteiger partial charge in [-0.05, 0) is 106 Å². The Morgan fingerprint density at radius 2 is 1.00 bits per heavy atom. The smallest absolute Gasteiger partial charge is 0.314 e. The van der Waals surface area contributed by atoms with Crippen molar-refractivity contribution in [2.45, 2.75) is 90.9 Å². The van der Waals surface area contributed by atoms with Crippen LogP contribution in [0.5, 0.6) is 0 Å². The van der Waals surface area contributed by atoms with E-state index in [0.717, 1.165) is 29.6 Å². The lowest BCUT2D eigenvalue weighted by Crippen LogP contribution is -2.58. The summed E-state index contributed by atoms with van der Waals surface area (Å²) in [5.74, 6) is 0. The van der Waals surface area contributed by atoms with Gasteiger partial charge in [-0.1, -0.05) is 49.7 Å². The molecule has 0 aliphatic heterocycles. The first-order valence-corrected chi connectivity index (χ1v) is 27.9. The fraction of sp³-hybridized carbons (Fsp3) is 0.519. The highest BCUT2D eigenvalue weighted by atomic mass is 28.5. The number of rotatable bonds is 13. The summed E-state index contributed by atoms with van der Waals surface area (Å²) in [5.41, 5.74) is 4.22. The molecule has 0 aliphatic rings. The Morgan fingerprint density at radius 1 is 0.595 bits per heavy atom. The molecular weight excluding hydrogens is 543 g/mol. The Hall–Kier alpha value is -1.15. The Morgan fingerprint density at radius 3 is 1.43 bits per heavy atom. The Kier molecular flexibility index (Phi) is 10.7. The highest BCUT2D eigenvalue weighted by Crippen LogP contribution is 2.28. The summed E-state index contributed by atoms with van der Waals surface area (Å²) in [5, 5.41) is 9.02. The number of hydrogen-bond donors (Lipinski definition) is 0. The van der Waals surface area contributed by atoms with E-state index in [4.69, 9.17) is 21.7 Å². The quantitative estimate of drug-likeness (QED) is 0.220. The fourth-order valence-electron chi connectivity index (χ4n) is 5.31. The van der Waals surface area contributed by atoms with Crippen LogP contribution in [-0.4, -0.2) is 42.3 Å². The van der Waals surface area contributed by atoms with Crippen LogP contribution in [-0.2, 0) is 22.5 Å². The molecule has 0 heterocycles. The molecule has 5 nitrogen and oxygen atoms in total. The van der Waals surface area contributed by atoms with Gasteiger partial charge in [0.15, 0.2) is 16.6 Å². The van der Waals surface area contributed by atoms with Crippen molar-refractivity contribution in [1.29, 1.82) is 5.26 Å². The van der Waals surface area contributed by atoms with Crippen LogP contribution in [0.4, 0.5) is 0 Å². The van der Waals surface area contributed by atoms with E-state index in [1.165, 1.54) is 5.56 Å². The zero-order valence-electron chi connectivity index (χ0n) is 24.8. The van der Waals surface area contributed by atoms with Gasteiger partial charge >= 0.3 is 25.7 Å². The molecule has 0 aliphatic carbocycles. The van der Waals surface area contributed by atoms with Crippen LogP contribution in [0.2, 0.25) is 71.5 Å². The van der Waals surface area contributed by atoms with Gasteiger partial charge in [-0.2, -0.15) is 5.26 Å². The molecule has 0 N–H and O–H groups in total. The normalized spacial score (nSPS) is 13.5. The SMILES string of the molecule is CCC[Si](C)(C)O[Si](C)(C)O[Si](C)(C)O[Si](C)(C)O[Si](C)(C)Cc1ccc(-c2ccc(C#N)cc2)cc1. The third-order valence-corrected chi connectivity index (χ3v) is 25.0. The van der Waals surface area contributed by atoms with E-state index in [-0.39, 0.29) is 0 Å². The second-order valence-electron chi connectivity index (χ2n) is 12.4. The molecule has 2 aromatic rings. The third kappa shape index (κ3) is 11.2. The van der Waals surface area contributed by atoms with E-state index in [9.17, 15) is 0 Å². The van der Waals surface area contributed by atoms with Crippen molar-refractivity contribution in [3.05, 3.63) is 59.7 Å². The molecule has 0 aromatic heterocycles. The van der Waals surface area contributed by atoms with Gasteiger partial charge < -0.3 is 16.5 Å². The largest absolute Gasteiger partial charge is 0.436 e. The molecule has 0 fully saturated rings. The molecule has 0 bridgehead atoms. The highest BCUT2D eigenvalue weighted by molar-refractivity contribution is 6.90. The first kappa shape index (κ1) is 32.1. The Labute approximate surface area is 231 Å². The first-order chi connectivity index (χ1) is 16.9. The lowest BCUT2D eigenvalue weighted by atomic mass is 10.0. The van der Waals surface area contributed by atoms with Crippen molar-refractivity contribution < 1.29 is 16.5 Å². The summed E-state index contributed by atoms with van der Waals surface area (Å²) in [4.78, 5) is 0. The second-order valence-corrected chi connectivity index (χ2v) is 32.0. The lowest BCUT2D eigenvalue weighted by molar-refractivity contribution is 0.298. The van der Waals surface area contributed by atoms with Crippen molar-refractivity contribution in [2.24, 2.45) is 0 Å². The van der Waals surface area contributed by atoms with Gasteiger partial charge in [0.05, 0.1) is 11.6 Å². The second kappa shape index (κ2) is 12.4. The maximum Gasteiger partial charge on any atom is 0.314 e. The predicted molar refractivity (Wildman–Crippen MR) is 167 cm³/mol. The zero-order valence-corrected chi connectivity index (χ0v) is 29.8. The summed E-state index contributed by atoms with van der Waals surface area (Å²) in [6.07, 6.45) is 1.15. The zero-order chi connectivity index (χ0) is 28.1. The van der Waals surface area contributed by atoms with Crippen LogP contribution < -0.4 is 0 Å².